The summed E-state index contributed by atoms with van der Waals surface area (Å²) in [5.41, 5.74) is -0.829. The monoisotopic (exact) mass is 288 g/mol. The molecule has 6 heteroatoms. The van der Waals surface area contributed by atoms with E-state index in [1.54, 1.807) is 18.7 Å². The number of carbonyl (C=O) groups is 2. The van der Waals surface area contributed by atoms with Gasteiger partial charge in [0.15, 0.2) is 0 Å². The van der Waals surface area contributed by atoms with Crippen molar-refractivity contribution in [2.45, 2.75) is 50.8 Å². The second-order valence-corrected chi connectivity index (χ2v) is 6.68. The molecule has 0 spiro atoms. The minimum Gasteiger partial charge on any atom is -0.481 e. The second kappa shape index (κ2) is 7.03. The molecular formula is C13H24N2O3S. The van der Waals surface area contributed by atoms with E-state index in [0.29, 0.717) is 18.2 Å². The normalized spacial score (nSPS) is 27.8. The van der Waals surface area contributed by atoms with Crippen LogP contribution in [0.1, 0.15) is 39.5 Å². The summed E-state index contributed by atoms with van der Waals surface area (Å²) < 4.78 is 0. The Bertz CT molecular complexity index is 338. The number of amides is 2. The summed E-state index contributed by atoms with van der Waals surface area (Å²) in [5.74, 6) is -0.827. The van der Waals surface area contributed by atoms with Crippen LogP contribution < -0.4 is 10.6 Å². The lowest BCUT2D eigenvalue weighted by molar-refractivity contribution is -0.148. The van der Waals surface area contributed by atoms with Crippen LogP contribution >= 0.6 is 11.8 Å². The van der Waals surface area contributed by atoms with Crippen molar-refractivity contribution in [3.63, 3.8) is 0 Å². The summed E-state index contributed by atoms with van der Waals surface area (Å²) in [6, 6.07) is -0.532. The highest BCUT2D eigenvalue weighted by molar-refractivity contribution is 7.99. The Kier molecular flexibility index (Phi) is 5.97. The van der Waals surface area contributed by atoms with Crippen LogP contribution in [0.3, 0.4) is 0 Å². The first-order valence-electron chi connectivity index (χ1n) is 6.70. The Morgan fingerprint density at radius 2 is 2.21 bits per heavy atom. The summed E-state index contributed by atoms with van der Waals surface area (Å²) in [6.07, 6.45) is 5.16. The number of carboxylic acids is 1. The fraction of sp³-hybridized carbons (Fsp3) is 0.846. The van der Waals surface area contributed by atoms with Crippen LogP contribution in [-0.2, 0) is 4.79 Å². The van der Waals surface area contributed by atoms with Crippen molar-refractivity contribution in [1.29, 1.82) is 0 Å². The van der Waals surface area contributed by atoms with E-state index in [4.69, 9.17) is 0 Å². The van der Waals surface area contributed by atoms with E-state index in [1.165, 1.54) is 0 Å². The Morgan fingerprint density at radius 1 is 1.53 bits per heavy atom. The van der Waals surface area contributed by atoms with Gasteiger partial charge in [0.1, 0.15) is 0 Å². The molecule has 1 rings (SSSR count). The lowest BCUT2D eigenvalue weighted by Gasteiger charge is -2.27. The molecular weight excluding hydrogens is 264 g/mol. The average molecular weight is 288 g/mol. The molecule has 3 atom stereocenters. The van der Waals surface area contributed by atoms with Crippen LogP contribution in [0.4, 0.5) is 4.79 Å². The molecule has 110 valence electrons. The minimum absolute atomic E-state index is 0.257. The molecule has 3 N–H and O–H groups in total. The molecule has 0 bridgehead atoms. The fourth-order valence-electron chi connectivity index (χ4n) is 2.37. The zero-order valence-corrected chi connectivity index (χ0v) is 12.7. The number of aliphatic carboxylic acids is 1. The summed E-state index contributed by atoms with van der Waals surface area (Å²) in [4.78, 5) is 23.0. The lowest BCUT2D eigenvalue weighted by atomic mass is 9.85. The van der Waals surface area contributed by atoms with E-state index in [9.17, 15) is 14.7 Å². The summed E-state index contributed by atoms with van der Waals surface area (Å²) in [5, 5.41) is 15.4. The Balaban J connectivity index is 2.38. The van der Waals surface area contributed by atoms with Crippen LogP contribution in [-0.4, -0.2) is 41.2 Å². The van der Waals surface area contributed by atoms with Crippen molar-refractivity contribution in [3.05, 3.63) is 0 Å². The van der Waals surface area contributed by atoms with Gasteiger partial charge in [-0.2, -0.15) is 11.8 Å². The molecule has 0 heterocycles. The molecule has 0 aromatic rings. The Morgan fingerprint density at radius 3 is 2.79 bits per heavy atom. The first-order chi connectivity index (χ1) is 8.90. The largest absolute Gasteiger partial charge is 0.481 e. The topological polar surface area (TPSA) is 78.4 Å². The van der Waals surface area contributed by atoms with Gasteiger partial charge in [-0.05, 0) is 32.4 Å². The first-order valence-corrected chi connectivity index (χ1v) is 7.99. The van der Waals surface area contributed by atoms with E-state index in [2.05, 4.69) is 17.6 Å². The highest BCUT2D eigenvalue weighted by Crippen LogP contribution is 2.38. The molecule has 5 nitrogen and oxygen atoms in total. The number of carboxylic acid groups (broad SMARTS) is 1. The SMILES string of the molecule is CSC(C)CCNC(=O)NC1CCCC1(C)C(=O)O. The maximum atomic E-state index is 11.8. The van der Waals surface area contributed by atoms with Crippen LogP contribution in [0.5, 0.6) is 0 Å². The standard InChI is InChI=1S/C13H24N2O3S/c1-9(19-3)6-8-14-12(18)15-10-5-4-7-13(10,2)11(16)17/h9-10H,4-8H2,1-3H3,(H,16,17)(H2,14,15,18). The van der Waals surface area contributed by atoms with Crippen molar-refractivity contribution < 1.29 is 14.7 Å². The van der Waals surface area contributed by atoms with E-state index < -0.39 is 11.4 Å². The third kappa shape index (κ3) is 4.30. The number of nitrogens with one attached hydrogen (secondary N) is 2. The molecule has 0 radical (unpaired) electrons. The third-order valence-electron chi connectivity index (χ3n) is 3.99. The molecule has 1 fully saturated rings. The maximum absolute atomic E-state index is 11.8. The predicted octanol–water partition coefficient (Wildman–Crippen LogP) is 2.07. The molecule has 19 heavy (non-hydrogen) atoms. The number of thioether (sulfide) groups is 1. The van der Waals surface area contributed by atoms with Crippen LogP contribution in [0, 0.1) is 5.41 Å². The summed E-state index contributed by atoms with van der Waals surface area (Å²) in [6.45, 7) is 4.44. The number of rotatable bonds is 6. The Labute approximate surface area is 118 Å². The predicted molar refractivity (Wildman–Crippen MR) is 77.5 cm³/mol. The highest BCUT2D eigenvalue weighted by Gasteiger charge is 2.45. The van der Waals surface area contributed by atoms with E-state index in [0.717, 1.165) is 19.3 Å². The smallest absolute Gasteiger partial charge is 0.315 e. The van der Waals surface area contributed by atoms with Crippen molar-refractivity contribution in [3.8, 4) is 0 Å². The van der Waals surface area contributed by atoms with Crippen LogP contribution in [0.2, 0.25) is 0 Å². The number of hydrogen-bond acceptors (Lipinski definition) is 3. The second-order valence-electron chi connectivity index (χ2n) is 5.40. The van der Waals surface area contributed by atoms with Gasteiger partial charge in [0.25, 0.3) is 0 Å². The van der Waals surface area contributed by atoms with Gasteiger partial charge in [-0.1, -0.05) is 13.3 Å². The van der Waals surface area contributed by atoms with E-state index in [-0.39, 0.29) is 12.1 Å². The zero-order valence-electron chi connectivity index (χ0n) is 11.9. The van der Waals surface area contributed by atoms with Gasteiger partial charge in [0.05, 0.1) is 5.41 Å². The lowest BCUT2D eigenvalue weighted by Crippen LogP contribution is -2.50. The molecule has 3 unspecified atom stereocenters. The van der Waals surface area contributed by atoms with Crippen molar-refractivity contribution in [2.24, 2.45) is 5.41 Å². The van der Waals surface area contributed by atoms with Gasteiger partial charge < -0.3 is 15.7 Å². The van der Waals surface area contributed by atoms with Crippen molar-refractivity contribution >= 4 is 23.8 Å². The fourth-order valence-corrected chi connectivity index (χ4v) is 2.72. The van der Waals surface area contributed by atoms with Crippen molar-refractivity contribution in [2.75, 3.05) is 12.8 Å². The molecule has 2 amide bonds. The van der Waals surface area contributed by atoms with E-state index in [1.807, 2.05) is 6.26 Å². The molecule has 0 aliphatic heterocycles. The zero-order chi connectivity index (χ0) is 14.5. The minimum atomic E-state index is -0.829. The summed E-state index contributed by atoms with van der Waals surface area (Å²) in [7, 11) is 0. The van der Waals surface area contributed by atoms with Gasteiger partial charge in [0.2, 0.25) is 0 Å². The average Bonchev–Trinajstić information content (AvgIpc) is 2.72. The number of urea groups is 1. The van der Waals surface area contributed by atoms with Gasteiger partial charge in [-0.25, -0.2) is 4.79 Å². The van der Waals surface area contributed by atoms with Gasteiger partial charge in [0, 0.05) is 17.8 Å². The molecule has 1 aliphatic rings. The maximum Gasteiger partial charge on any atom is 0.315 e. The molecule has 0 saturated heterocycles. The van der Waals surface area contributed by atoms with Gasteiger partial charge in [-0.3, -0.25) is 4.79 Å². The van der Waals surface area contributed by atoms with Crippen LogP contribution in [0.25, 0.3) is 0 Å². The first kappa shape index (κ1) is 16.1. The quantitative estimate of drug-likeness (QED) is 0.699. The number of carbonyl (C=O) groups excluding carboxylic acids is 1. The molecule has 1 saturated carbocycles. The molecule has 0 aromatic carbocycles. The third-order valence-corrected chi connectivity index (χ3v) is 5.03. The molecule has 0 aromatic heterocycles. The van der Waals surface area contributed by atoms with Gasteiger partial charge in [-0.15, -0.1) is 0 Å². The number of hydrogen-bond donors (Lipinski definition) is 3. The van der Waals surface area contributed by atoms with Crippen molar-refractivity contribution in [1.82, 2.24) is 10.6 Å². The van der Waals surface area contributed by atoms with E-state index >= 15 is 0 Å². The summed E-state index contributed by atoms with van der Waals surface area (Å²) >= 11 is 1.76. The van der Waals surface area contributed by atoms with Gasteiger partial charge >= 0.3 is 12.0 Å². The molecule has 1 aliphatic carbocycles. The van der Waals surface area contributed by atoms with Crippen LogP contribution in [0.15, 0.2) is 0 Å². The Hall–Kier alpha value is -0.910. The highest BCUT2D eigenvalue weighted by atomic mass is 32.2.